The highest BCUT2D eigenvalue weighted by Gasteiger charge is 2.15. The second-order valence-corrected chi connectivity index (χ2v) is 12.4. The molecule has 238 valence electrons. The first kappa shape index (κ1) is 30.7. The molecule has 0 aliphatic heterocycles. The number of hydrogen-bond donors (Lipinski definition) is 0. The fourth-order valence-corrected chi connectivity index (χ4v) is 6.27. The number of benzene rings is 5. The molecular formula is C45H33N5. The van der Waals surface area contributed by atoms with Gasteiger partial charge in [-0.15, -0.1) is 0 Å². The molecule has 0 unspecified atom stereocenters. The molecule has 8 rings (SSSR count). The van der Waals surface area contributed by atoms with E-state index in [1.165, 1.54) is 0 Å². The Hall–Kier alpha value is -6.59. The predicted octanol–water partition coefficient (Wildman–Crippen LogP) is 10.9. The molecular weight excluding hydrogens is 611 g/mol. The molecule has 3 aromatic heterocycles. The average Bonchev–Trinajstić information content (AvgIpc) is 3.18. The molecule has 5 aromatic carbocycles. The van der Waals surface area contributed by atoms with Gasteiger partial charge in [0.25, 0.3) is 0 Å². The maximum atomic E-state index is 5.06. The van der Waals surface area contributed by atoms with Gasteiger partial charge in [-0.3, -0.25) is 9.97 Å². The maximum Gasteiger partial charge on any atom is 0.164 e. The van der Waals surface area contributed by atoms with E-state index in [9.17, 15) is 0 Å². The van der Waals surface area contributed by atoms with E-state index in [0.29, 0.717) is 17.5 Å². The highest BCUT2D eigenvalue weighted by atomic mass is 15.0. The second-order valence-electron chi connectivity index (χ2n) is 12.4. The van der Waals surface area contributed by atoms with Gasteiger partial charge in [0.1, 0.15) is 0 Å². The smallest absolute Gasteiger partial charge is 0.164 e. The van der Waals surface area contributed by atoms with Crippen LogP contribution in [0, 0.1) is 13.8 Å². The van der Waals surface area contributed by atoms with Gasteiger partial charge in [0.2, 0.25) is 0 Å². The zero-order chi connectivity index (χ0) is 33.9. The molecule has 0 spiro atoms. The van der Waals surface area contributed by atoms with Gasteiger partial charge in [-0.1, -0.05) is 115 Å². The zero-order valence-corrected chi connectivity index (χ0v) is 27.8. The highest BCUT2D eigenvalue weighted by Crippen LogP contribution is 2.35. The number of pyridine rings is 2. The normalized spacial score (nSPS) is 11.0. The van der Waals surface area contributed by atoms with Crippen molar-refractivity contribution < 1.29 is 0 Å². The third-order valence-electron chi connectivity index (χ3n) is 8.74. The Labute approximate surface area is 292 Å². The molecule has 0 aliphatic carbocycles. The fourth-order valence-electron chi connectivity index (χ4n) is 6.27. The van der Waals surface area contributed by atoms with Crippen molar-refractivity contribution in [1.29, 1.82) is 0 Å². The van der Waals surface area contributed by atoms with E-state index in [0.717, 1.165) is 72.6 Å². The van der Waals surface area contributed by atoms with Crippen molar-refractivity contribution in [2.75, 3.05) is 0 Å². The fraction of sp³-hybridized carbons (Fsp3) is 0.0444. The number of aryl methyl sites for hydroxylation is 2. The van der Waals surface area contributed by atoms with Crippen LogP contribution in [0.25, 0.3) is 78.7 Å². The number of hydrogen-bond acceptors (Lipinski definition) is 5. The van der Waals surface area contributed by atoms with E-state index >= 15 is 0 Å². The van der Waals surface area contributed by atoms with Crippen LogP contribution in [0.1, 0.15) is 11.4 Å². The van der Waals surface area contributed by atoms with Gasteiger partial charge in [-0.05, 0) is 94.8 Å². The summed E-state index contributed by atoms with van der Waals surface area (Å²) in [5.41, 5.74) is 13.7. The van der Waals surface area contributed by atoms with Gasteiger partial charge in [0, 0.05) is 40.5 Å². The van der Waals surface area contributed by atoms with E-state index in [1.807, 2.05) is 86.8 Å². The topological polar surface area (TPSA) is 64.5 Å². The summed E-state index contributed by atoms with van der Waals surface area (Å²) in [6.07, 6.45) is 3.69. The lowest BCUT2D eigenvalue weighted by Crippen LogP contribution is -2.00. The predicted molar refractivity (Wildman–Crippen MR) is 203 cm³/mol. The molecule has 0 N–H and O–H groups in total. The number of aromatic nitrogens is 5. The molecule has 8 aromatic rings. The maximum absolute atomic E-state index is 5.06. The molecule has 5 heteroatoms. The van der Waals surface area contributed by atoms with Crippen LogP contribution in [0.15, 0.2) is 164 Å². The summed E-state index contributed by atoms with van der Waals surface area (Å²) in [5.74, 6) is 1.89. The van der Waals surface area contributed by atoms with E-state index in [4.69, 9.17) is 15.0 Å². The third kappa shape index (κ3) is 6.58. The van der Waals surface area contributed by atoms with Gasteiger partial charge in [-0.2, -0.15) is 0 Å². The number of nitrogens with zero attached hydrogens (tertiary/aromatic N) is 5. The second kappa shape index (κ2) is 13.5. The van der Waals surface area contributed by atoms with Gasteiger partial charge in [0.05, 0.1) is 0 Å². The summed E-state index contributed by atoms with van der Waals surface area (Å²) in [7, 11) is 0. The summed E-state index contributed by atoms with van der Waals surface area (Å²) in [6.45, 7) is 4.07. The van der Waals surface area contributed by atoms with Gasteiger partial charge in [0.15, 0.2) is 17.5 Å². The Morgan fingerprint density at radius 2 is 0.680 bits per heavy atom. The molecule has 0 fully saturated rings. The molecule has 0 bridgehead atoms. The first-order valence-corrected chi connectivity index (χ1v) is 16.7. The van der Waals surface area contributed by atoms with E-state index in [-0.39, 0.29) is 0 Å². The molecule has 5 nitrogen and oxygen atoms in total. The van der Waals surface area contributed by atoms with Crippen molar-refractivity contribution >= 4 is 0 Å². The summed E-state index contributed by atoms with van der Waals surface area (Å²) in [5, 5.41) is 0. The van der Waals surface area contributed by atoms with Crippen molar-refractivity contribution in [3.05, 3.63) is 175 Å². The first-order chi connectivity index (χ1) is 24.6. The minimum atomic E-state index is 0.618. The van der Waals surface area contributed by atoms with Crippen LogP contribution in [0.5, 0.6) is 0 Å². The largest absolute Gasteiger partial charge is 0.264 e. The molecule has 0 amide bonds. The van der Waals surface area contributed by atoms with Crippen molar-refractivity contribution in [1.82, 2.24) is 24.9 Å². The van der Waals surface area contributed by atoms with Crippen LogP contribution in [0.2, 0.25) is 0 Å². The van der Waals surface area contributed by atoms with Gasteiger partial charge >= 0.3 is 0 Å². The molecule has 0 aliphatic rings. The Balaban J connectivity index is 1.27. The van der Waals surface area contributed by atoms with Crippen LogP contribution in [-0.2, 0) is 0 Å². The van der Waals surface area contributed by atoms with Crippen LogP contribution in [0.3, 0.4) is 0 Å². The van der Waals surface area contributed by atoms with Crippen molar-refractivity contribution in [2.24, 2.45) is 0 Å². The zero-order valence-electron chi connectivity index (χ0n) is 27.8. The minimum Gasteiger partial charge on any atom is -0.264 e. The highest BCUT2D eigenvalue weighted by molar-refractivity contribution is 5.82. The van der Waals surface area contributed by atoms with E-state index in [1.54, 1.807) is 6.20 Å². The van der Waals surface area contributed by atoms with Gasteiger partial charge in [-0.25, -0.2) is 15.0 Å². The molecule has 0 saturated heterocycles. The SMILES string of the molecule is Cc1cc(-c2ccc(-c3cc(-c4ccc(-c5cccnc5)cc4)cc(-c4nc(-c5ccccc5)nc(-c5ccccc5)n4)c3)cc2)cc(C)n1. The monoisotopic (exact) mass is 643 g/mol. The lowest BCUT2D eigenvalue weighted by atomic mass is 9.93. The van der Waals surface area contributed by atoms with Crippen molar-refractivity contribution in [3.8, 4) is 78.7 Å². The standard InChI is InChI=1S/C45H33N5/c1-30-24-39(25-31(2)47-30)33-19-21-35(22-20-33)41-26-40(34-17-15-32(16-18-34)38-14-9-23-46-29-38)27-42(28-41)45-49-43(36-10-5-3-6-11-36)48-44(50-45)37-12-7-4-8-13-37/h3-29H,1-2H3. The molecule has 0 saturated carbocycles. The van der Waals surface area contributed by atoms with E-state index in [2.05, 4.69) is 94.9 Å². The van der Waals surface area contributed by atoms with Gasteiger partial charge < -0.3 is 0 Å². The Bertz CT molecular complexity index is 2330. The summed E-state index contributed by atoms with van der Waals surface area (Å²) < 4.78 is 0. The van der Waals surface area contributed by atoms with Crippen LogP contribution in [0.4, 0.5) is 0 Å². The number of rotatable bonds is 7. The Morgan fingerprint density at radius 1 is 0.300 bits per heavy atom. The third-order valence-corrected chi connectivity index (χ3v) is 8.74. The molecule has 0 radical (unpaired) electrons. The summed E-state index contributed by atoms with van der Waals surface area (Å²) in [4.78, 5) is 23.9. The van der Waals surface area contributed by atoms with E-state index < -0.39 is 0 Å². The average molecular weight is 644 g/mol. The van der Waals surface area contributed by atoms with Crippen LogP contribution >= 0.6 is 0 Å². The summed E-state index contributed by atoms with van der Waals surface area (Å²) >= 11 is 0. The minimum absolute atomic E-state index is 0.618. The van der Waals surface area contributed by atoms with Crippen LogP contribution < -0.4 is 0 Å². The Morgan fingerprint density at radius 3 is 1.12 bits per heavy atom. The van der Waals surface area contributed by atoms with Crippen molar-refractivity contribution in [2.45, 2.75) is 13.8 Å². The Kier molecular flexibility index (Phi) is 8.29. The van der Waals surface area contributed by atoms with Crippen LogP contribution in [-0.4, -0.2) is 24.9 Å². The molecule has 3 heterocycles. The van der Waals surface area contributed by atoms with Crippen molar-refractivity contribution in [3.63, 3.8) is 0 Å². The quantitative estimate of drug-likeness (QED) is 0.173. The molecule has 50 heavy (non-hydrogen) atoms. The summed E-state index contributed by atoms with van der Waals surface area (Å²) in [6, 6.07) is 52.5. The lowest BCUT2D eigenvalue weighted by Gasteiger charge is -2.13. The molecule has 0 atom stereocenters. The lowest BCUT2D eigenvalue weighted by molar-refractivity contribution is 1.07. The first-order valence-electron chi connectivity index (χ1n) is 16.7.